The second-order valence-electron chi connectivity index (χ2n) is 11.3. The molecule has 168 valence electrons. The fourth-order valence-corrected chi connectivity index (χ4v) is 8.48. The molecule has 0 aromatic carbocycles. The maximum Gasteiger partial charge on any atom is 0.302 e. The Morgan fingerprint density at radius 2 is 1.93 bits per heavy atom. The summed E-state index contributed by atoms with van der Waals surface area (Å²) >= 11 is 0. The summed E-state index contributed by atoms with van der Waals surface area (Å²) in [4.78, 5) is 22.4. The largest absolute Gasteiger partial charge is 0.550 e. The second-order valence-corrected chi connectivity index (χ2v) is 11.3. The van der Waals surface area contributed by atoms with E-state index in [9.17, 15) is 14.7 Å². The number of carbonyl (C=O) groups excluding carboxylic acids is 2. The van der Waals surface area contributed by atoms with Crippen molar-refractivity contribution in [3.8, 4) is 0 Å². The van der Waals surface area contributed by atoms with Crippen LogP contribution in [0.5, 0.6) is 0 Å². The van der Waals surface area contributed by atoms with Gasteiger partial charge in [0, 0.05) is 19.3 Å². The minimum absolute atomic E-state index is 0.0627. The van der Waals surface area contributed by atoms with Gasteiger partial charge in [0.05, 0.1) is 0 Å². The lowest BCUT2D eigenvalue weighted by atomic mass is 9.47. The molecular weight excluding hydrogens is 376 g/mol. The minimum Gasteiger partial charge on any atom is -0.550 e. The molecule has 0 amide bonds. The quantitative estimate of drug-likeness (QED) is 0.484. The van der Waals surface area contributed by atoms with Crippen molar-refractivity contribution in [1.29, 1.82) is 0 Å². The molecule has 3 fully saturated rings. The van der Waals surface area contributed by atoms with Crippen LogP contribution in [0.15, 0.2) is 11.6 Å². The Kier molecular flexibility index (Phi) is 5.83. The van der Waals surface area contributed by atoms with E-state index < -0.39 is 5.97 Å². The van der Waals surface area contributed by atoms with E-state index in [1.54, 1.807) is 5.57 Å². The molecule has 4 aliphatic rings. The molecule has 0 spiro atoms. The molecule has 0 unspecified atom stereocenters. The van der Waals surface area contributed by atoms with Crippen molar-refractivity contribution in [2.75, 3.05) is 0 Å². The summed E-state index contributed by atoms with van der Waals surface area (Å²) in [5, 5.41) is 11.0. The lowest BCUT2D eigenvalue weighted by Gasteiger charge is -2.58. The lowest BCUT2D eigenvalue weighted by Crippen LogP contribution is -2.51. The number of ether oxygens (including phenoxy) is 1. The van der Waals surface area contributed by atoms with Gasteiger partial charge < -0.3 is 14.6 Å². The molecule has 4 heteroatoms. The molecule has 0 bridgehead atoms. The van der Waals surface area contributed by atoms with E-state index in [0.29, 0.717) is 17.3 Å². The number of aliphatic carboxylic acids is 1. The van der Waals surface area contributed by atoms with Crippen molar-refractivity contribution in [3.63, 3.8) is 0 Å². The summed E-state index contributed by atoms with van der Waals surface area (Å²) in [5.41, 5.74) is 2.16. The van der Waals surface area contributed by atoms with Crippen LogP contribution in [-0.2, 0) is 14.3 Å². The average Bonchev–Trinajstić information content (AvgIpc) is 3.03. The van der Waals surface area contributed by atoms with E-state index in [2.05, 4.69) is 26.8 Å². The van der Waals surface area contributed by atoms with Crippen LogP contribution in [0.2, 0.25) is 0 Å². The third-order valence-electron chi connectivity index (χ3n) is 9.96. The third kappa shape index (κ3) is 3.62. The van der Waals surface area contributed by atoms with Crippen molar-refractivity contribution in [2.45, 2.75) is 98.0 Å². The van der Waals surface area contributed by atoms with Crippen LogP contribution in [0, 0.1) is 40.4 Å². The highest BCUT2D eigenvalue weighted by Crippen LogP contribution is 2.67. The lowest BCUT2D eigenvalue weighted by molar-refractivity contribution is -0.306. The Labute approximate surface area is 181 Å². The molecule has 0 saturated heterocycles. The van der Waals surface area contributed by atoms with Gasteiger partial charge in [0.1, 0.15) is 6.10 Å². The molecule has 0 aromatic heterocycles. The zero-order valence-electron chi connectivity index (χ0n) is 19.2. The molecule has 8 atom stereocenters. The van der Waals surface area contributed by atoms with E-state index in [1.165, 1.54) is 39.0 Å². The molecule has 0 N–H and O–H groups in total. The SMILES string of the molecule is CC(=O)O[C@H]1CC[C@@]2(C)C(=CC[C@H]3[C@H]4CC[C@@H]([C@H](C)CCC(=O)[O-])[C@@]4(C)CC[C@@H]32)C1. The van der Waals surface area contributed by atoms with Crippen molar-refractivity contribution in [3.05, 3.63) is 11.6 Å². The molecule has 0 aliphatic heterocycles. The van der Waals surface area contributed by atoms with Crippen molar-refractivity contribution < 1.29 is 19.4 Å². The Hall–Kier alpha value is -1.32. The predicted octanol–water partition coefficient (Wildman–Crippen LogP) is 4.66. The number of allylic oxidation sites excluding steroid dienone is 1. The van der Waals surface area contributed by atoms with Crippen LogP contribution < -0.4 is 5.11 Å². The van der Waals surface area contributed by atoms with Gasteiger partial charge in [-0.05, 0) is 98.2 Å². The van der Waals surface area contributed by atoms with Gasteiger partial charge in [-0.3, -0.25) is 4.79 Å². The Balaban J connectivity index is 1.51. The van der Waals surface area contributed by atoms with Gasteiger partial charge in [-0.1, -0.05) is 32.4 Å². The van der Waals surface area contributed by atoms with Crippen LogP contribution in [-0.4, -0.2) is 18.0 Å². The molecule has 0 heterocycles. The zero-order chi connectivity index (χ0) is 21.7. The maximum absolute atomic E-state index is 11.4. The smallest absolute Gasteiger partial charge is 0.302 e. The van der Waals surface area contributed by atoms with Crippen molar-refractivity contribution in [2.24, 2.45) is 40.4 Å². The highest BCUT2D eigenvalue weighted by atomic mass is 16.5. The fraction of sp³-hybridized carbons (Fsp3) is 0.846. The average molecular weight is 416 g/mol. The topological polar surface area (TPSA) is 66.4 Å². The number of hydrogen-bond acceptors (Lipinski definition) is 4. The number of fused-ring (bicyclic) bond motifs is 5. The first kappa shape index (κ1) is 21.9. The standard InChI is InChI=1S/C26H40O4/c1-16(5-10-24(28)29)21-8-9-22-20-7-6-18-15-19(30-17(2)27)11-13-25(18,3)23(20)12-14-26(21,22)4/h6,16,19-23H,5,7-15H2,1-4H3,(H,28,29)/p-1/t16-,19+,20+,21+,22-,23+,25+,26-/m1/s1. The van der Waals surface area contributed by atoms with Crippen LogP contribution in [0.3, 0.4) is 0 Å². The molecule has 0 radical (unpaired) electrons. The minimum atomic E-state index is -0.910. The van der Waals surface area contributed by atoms with E-state index >= 15 is 0 Å². The van der Waals surface area contributed by atoms with E-state index in [0.717, 1.165) is 43.4 Å². The monoisotopic (exact) mass is 415 g/mol. The Morgan fingerprint density at radius 3 is 2.63 bits per heavy atom. The summed E-state index contributed by atoms with van der Waals surface area (Å²) in [6, 6.07) is 0. The second kappa shape index (κ2) is 7.98. The van der Waals surface area contributed by atoms with Crippen molar-refractivity contribution >= 4 is 11.9 Å². The summed E-state index contributed by atoms with van der Waals surface area (Å²) in [6.45, 7) is 8.78. The van der Waals surface area contributed by atoms with Gasteiger partial charge in [-0.25, -0.2) is 0 Å². The van der Waals surface area contributed by atoms with Crippen LogP contribution in [0.4, 0.5) is 0 Å². The third-order valence-corrected chi connectivity index (χ3v) is 9.96. The van der Waals surface area contributed by atoms with Gasteiger partial charge in [0.2, 0.25) is 0 Å². The summed E-state index contributed by atoms with van der Waals surface area (Å²) in [5.74, 6) is 2.28. The number of carboxylic acids is 1. The molecule has 4 aliphatic carbocycles. The normalized spacial score (nSPS) is 43.6. The first-order valence-corrected chi connectivity index (χ1v) is 12.2. The maximum atomic E-state index is 11.4. The molecule has 4 rings (SSSR count). The highest BCUT2D eigenvalue weighted by Gasteiger charge is 2.59. The van der Waals surface area contributed by atoms with Crippen LogP contribution in [0.25, 0.3) is 0 Å². The zero-order valence-corrected chi connectivity index (χ0v) is 19.2. The predicted molar refractivity (Wildman–Crippen MR) is 114 cm³/mol. The first-order valence-electron chi connectivity index (χ1n) is 12.2. The van der Waals surface area contributed by atoms with E-state index in [-0.39, 0.29) is 23.9 Å². The number of hydrogen-bond donors (Lipinski definition) is 0. The molecule has 4 nitrogen and oxygen atoms in total. The van der Waals surface area contributed by atoms with Gasteiger partial charge in [-0.2, -0.15) is 0 Å². The number of carboxylic acid groups (broad SMARTS) is 1. The fourth-order valence-electron chi connectivity index (χ4n) is 8.48. The number of esters is 1. The van der Waals surface area contributed by atoms with Crippen LogP contribution >= 0.6 is 0 Å². The van der Waals surface area contributed by atoms with Gasteiger partial charge in [-0.15, -0.1) is 0 Å². The summed E-state index contributed by atoms with van der Waals surface area (Å²) in [6.07, 6.45) is 12.8. The molecular formula is C26H39O4-. The van der Waals surface area contributed by atoms with Gasteiger partial charge >= 0.3 is 5.97 Å². The summed E-state index contributed by atoms with van der Waals surface area (Å²) < 4.78 is 5.56. The molecule has 30 heavy (non-hydrogen) atoms. The number of rotatable bonds is 5. The van der Waals surface area contributed by atoms with E-state index in [4.69, 9.17) is 4.74 Å². The molecule has 3 saturated carbocycles. The molecule has 0 aromatic rings. The Morgan fingerprint density at radius 1 is 1.17 bits per heavy atom. The summed E-state index contributed by atoms with van der Waals surface area (Å²) in [7, 11) is 0. The van der Waals surface area contributed by atoms with Crippen molar-refractivity contribution in [1.82, 2.24) is 0 Å². The highest BCUT2D eigenvalue weighted by molar-refractivity contribution is 5.66. The van der Waals surface area contributed by atoms with Crippen LogP contribution in [0.1, 0.15) is 91.9 Å². The van der Waals surface area contributed by atoms with Gasteiger partial charge in [0.15, 0.2) is 0 Å². The number of carbonyl (C=O) groups is 2. The van der Waals surface area contributed by atoms with Gasteiger partial charge in [0.25, 0.3) is 0 Å². The van der Waals surface area contributed by atoms with E-state index in [1.807, 2.05) is 0 Å². The first-order chi connectivity index (χ1) is 14.1. The Bertz CT molecular complexity index is 727.